The molecule has 2 saturated carbocycles. The average Bonchev–Trinajstić information content (AvgIpc) is 2.87. The van der Waals surface area contributed by atoms with Crippen LogP contribution in [0, 0.1) is 17.3 Å². The van der Waals surface area contributed by atoms with Crippen molar-refractivity contribution in [1.82, 2.24) is 0 Å². The molecule has 3 aliphatic rings. The van der Waals surface area contributed by atoms with Gasteiger partial charge in [0.15, 0.2) is 0 Å². The molecular weight excluding hydrogens is 300 g/mol. The number of ketones is 1. The van der Waals surface area contributed by atoms with Crippen molar-refractivity contribution in [3.63, 3.8) is 0 Å². The lowest BCUT2D eigenvalue weighted by Crippen LogP contribution is -2.57. The lowest BCUT2D eigenvalue weighted by molar-refractivity contribution is -0.177. The molecule has 1 saturated heterocycles. The quantitative estimate of drug-likeness (QED) is 0.606. The summed E-state index contributed by atoms with van der Waals surface area (Å²) in [6, 6.07) is 0. The SMILES string of the molecule is C=C1C(=O)OC2C1CCC(COC(C)=O)C1(O)CCC(=O)C21C. The van der Waals surface area contributed by atoms with Gasteiger partial charge in [-0.15, -0.1) is 0 Å². The standard InChI is InChI=1S/C17H22O6/c1-9-12-5-4-11(8-22-10(2)18)17(21)7-6-13(19)16(17,3)14(12)23-15(9)20/h11-12,14,21H,1,4-8H2,2-3H3. The van der Waals surface area contributed by atoms with Crippen LogP contribution in [0.25, 0.3) is 0 Å². The van der Waals surface area contributed by atoms with Crippen LogP contribution in [0.1, 0.15) is 39.5 Å². The fraction of sp³-hybridized carbons (Fsp3) is 0.706. The van der Waals surface area contributed by atoms with Crippen LogP contribution in [0.4, 0.5) is 0 Å². The first-order chi connectivity index (χ1) is 10.7. The van der Waals surface area contributed by atoms with E-state index in [1.807, 2.05) is 0 Å². The third-order valence-electron chi connectivity index (χ3n) is 6.08. The maximum atomic E-state index is 12.6. The van der Waals surface area contributed by atoms with Crippen LogP contribution in [0.2, 0.25) is 0 Å². The molecule has 1 N–H and O–H groups in total. The zero-order valence-corrected chi connectivity index (χ0v) is 13.5. The van der Waals surface area contributed by atoms with Crippen molar-refractivity contribution in [2.45, 2.75) is 51.2 Å². The summed E-state index contributed by atoms with van der Waals surface area (Å²) >= 11 is 0. The summed E-state index contributed by atoms with van der Waals surface area (Å²) in [4.78, 5) is 35.7. The Morgan fingerprint density at radius 2 is 2.13 bits per heavy atom. The van der Waals surface area contributed by atoms with Crippen molar-refractivity contribution < 1.29 is 29.0 Å². The average molecular weight is 322 g/mol. The van der Waals surface area contributed by atoms with Gasteiger partial charge < -0.3 is 14.6 Å². The summed E-state index contributed by atoms with van der Waals surface area (Å²) in [6.45, 7) is 6.86. The maximum Gasteiger partial charge on any atom is 0.334 e. The molecule has 1 heterocycles. The summed E-state index contributed by atoms with van der Waals surface area (Å²) in [7, 11) is 0. The van der Waals surface area contributed by atoms with Gasteiger partial charge in [0.05, 0.1) is 17.6 Å². The zero-order valence-electron chi connectivity index (χ0n) is 13.5. The van der Waals surface area contributed by atoms with Crippen molar-refractivity contribution in [2.75, 3.05) is 6.61 Å². The van der Waals surface area contributed by atoms with E-state index in [2.05, 4.69) is 6.58 Å². The first-order valence-corrected chi connectivity index (χ1v) is 8.00. The highest BCUT2D eigenvalue weighted by Gasteiger charge is 2.69. The fourth-order valence-corrected chi connectivity index (χ4v) is 4.61. The van der Waals surface area contributed by atoms with Gasteiger partial charge in [0, 0.05) is 30.8 Å². The van der Waals surface area contributed by atoms with E-state index in [4.69, 9.17) is 9.47 Å². The number of rotatable bonds is 2. The minimum atomic E-state index is -1.34. The molecule has 0 aromatic heterocycles. The molecule has 1 aliphatic heterocycles. The van der Waals surface area contributed by atoms with Crippen LogP contribution in [0.3, 0.4) is 0 Å². The molecule has 5 unspecified atom stereocenters. The largest absolute Gasteiger partial charge is 0.465 e. The molecule has 0 amide bonds. The number of ether oxygens (including phenoxy) is 2. The topological polar surface area (TPSA) is 89.9 Å². The minimum absolute atomic E-state index is 0.0641. The number of carbonyl (C=O) groups excluding carboxylic acids is 3. The summed E-state index contributed by atoms with van der Waals surface area (Å²) in [5, 5.41) is 11.4. The zero-order chi connectivity index (χ0) is 17.0. The van der Waals surface area contributed by atoms with Crippen molar-refractivity contribution in [3.05, 3.63) is 12.2 Å². The smallest absolute Gasteiger partial charge is 0.334 e. The van der Waals surface area contributed by atoms with Gasteiger partial charge in [0.25, 0.3) is 0 Å². The Labute approximate surface area is 134 Å². The van der Waals surface area contributed by atoms with Gasteiger partial charge in [-0.1, -0.05) is 6.58 Å². The number of fused-ring (bicyclic) bond motifs is 3. The Hall–Kier alpha value is -1.69. The lowest BCUT2D eigenvalue weighted by atomic mass is 9.65. The van der Waals surface area contributed by atoms with E-state index in [1.165, 1.54) is 6.92 Å². The van der Waals surface area contributed by atoms with E-state index in [9.17, 15) is 19.5 Å². The Morgan fingerprint density at radius 3 is 2.78 bits per heavy atom. The Bertz CT molecular complexity index is 596. The summed E-state index contributed by atoms with van der Waals surface area (Å²) in [5.74, 6) is -1.64. The molecule has 0 radical (unpaired) electrons. The predicted molar refractivity (Wildman–Crippen MR) is 79.2 cm³/mol. The Kier molecular flexibility index (Phi) is 3.63. The van der Waals surface area contributed by atoms with E-state index < -0.39 is 29.1 Å². The Morgan fingerprint density at radius 1 is 1.43 bits per heavy atom. The second-order valence-corrected chi connectivity index (χ2v) is 7.08. The number of hydrogen-bond acceptors (Lipinski definition) is 6. The predicted octanol–water partition coefficient (Wildman–Crippen LogP) is 1.16. The van der Waals surface area contributed by atoms with Crippen LogP contribution in [0.15, 0.2) is 12.2 Å². The highest BCUT2D eigenvalue weighted by molar-refractivity contribution is 5.94. The van der Waals surface area contributed by atoms with Gasteiger partial charge in [0.1, 0.15) is 11.9 Å². The molecule has 5 atom stereocenters. The highest BCUT2D eigenvalue weighted by atomic mass is 16.6. The van der Waals surface area contributed by atoms with E-state index in [1.54, 1.807) is 6.92 Å². The fourth-order valence-electron chi connectivity index (χ4n) is 4.61. The van der Waals surface area contributed by atoms with Crippen molar-refractivity contribution in [3.8, 4) is 0 Å². The molecule has 3 rings (SSSR count). The number of Topliss-reactive ketones (excluding diaryl/α,β-unsaturated/α-hetero) is 1. The van der Waals surface area contributed by atoms with Crippen LogP contribution in [-0.2, 0) is 23.9 Å². The molecule has 0 spiro atoms. The second-order valence-electron chi connectivity index (χ2n) is 7.08. The molecule has 2 aliphatic carbocycles. The monoisotopic (exact) mass is 322 g/mol. The van der Waals surface area contributed by atoms with Gasteiger partial charge >= 0.3 is 11.9 Å². The first kappa shape index (κ1) is 16.2. The molecule has 126 valence electrons. The molecule has 23 heavy (non-hydrogen) atoms. The second kappa shape index (κ2) is 5.16. The molecular formula is C17H22O6. The Balaban J connectivity index is 2.02. The van der Waals surface area contributed by atoms with Crippen molar-refractivity contribution in [2.24, 2.45) is 17.3 Å². The third kappa shape index (κ3) is 2.07. The van der Waals surface area contributed by atoms with E-state index in [0.717, 1.165) is 0 Å². The van der Waals surface area contributed by atoms with Gasteiger partial charge in [0.2, 0.25) is 0 Å². The van der Waals surface area contributed by atoms with Crippen LogP contribution >= 0.6 is 0 Å². The summed E-state index contributed by atoms with van der Waals surface area (Å²) in [5.41, 5.74) is -2.16. The lowest BCUT2D eigenvalue weighted by Gasteiger charge is -2.44. The molecule has 6 heteroatoms. The first-order valence-electron chi connectivity index (χ1n) is 8.00. The number of aliphatic hydroxyl groups is 1. The van der Waals surface area contributed by atoms with E-state index in [-0.39, 0.29) is 30.6 Å². The molecule has 0 bridgehead atoms. The van der Waals surface area contributed by atoms with Gasteiger partial charge in [-0.25, -0.2) is 4.79 Å². The summed E-state index contributed by atoms with van der Waals surface area (Å²) in [6.07, 6.45) is 0.957. The maximum absolute atomic E-state index is 12.6. The van der Waals surface area contributed by atoms with Crippen LogP contribution in [0.5, 0.6) is 0 Å². The number of hydrogen-bond donors (Lipinski definition) is 1. The van der Waals surface area contributed by atoms with E-state index >= 15 is 0 Å². The van der Waals surface area contributed by atoms with Crippen molar-refractivity contribution in [1.29, 1.82) is 0 Å². The summed E-state index contributed by atoms with van der Waals surface area (Å²) < 4.78 is 10.6. The van der Waals surface area contributed by atoms with Gasteiger partial charge in [-0.3, -0.25) is 9.59 Å². The highest BCUT2D eigenvalue weighted by Crippen LogP contribution is 2.58. The van der Waals surface area contributed by atoms with Gasteiger partial charge in [-0.2, -0.15) is 0 Å². The number of esters is 2. The van der Waals surface area contributed by atoms with Crippen LogP contribution < -0.4 is 0 Å². The molecule has 0 aromatic rings. The molecule has 3 fully saturated rings. The number of carbonyl (C=O) groups is 3. The van der Waals surface area contributed by atoms with Gasteiger partial charge in [-0.05, 0) is 26.2 Å². The minimum Gasteiger partial charge on any atom is -0.465 e. The third-order valence-corrected chi connectivity index (χ3v) is 6.08. The molecule has 6 nitrogen and oxygen atoms in total. The van der Waals surface area contributed by atoms with Crippen LogP contribution in [-0.4, -0.2) is 41.1 Å². The normalized spacial score (nSPS) is 42.7. The van der Waals surface area contributed by atoms with Crippen molar-refractivity contribution >= 4 is 17.7 Å². The van der Waals surface area contributed by atoms with E-state index in [0.29, 0.717) is 24.8 Å². The molecule has 0 aromatic carbocycles.